The van der Waals surface area contributed by atoms with E-state index in [4.69, 9.17) is 4.74 Å². The normalized spacial score (nSPS) is 16.8. The van der Waals surface area contributed by atoms with Gasteiger partial charge in [0.15, 0.2) is 0 Å². The SMILES string of the molecule is COc1ccccc1Cn1cc(CN2CCN(C)CC2)nn1. The summed E-state index contributed by atoms with van der Waals surface area (Å²) in [6.45, 7) is 5.98. The quantitative estimate of drug-likeness (QED) is 0.827. The van der Waals surface area contributed by atoms with Crippen molar-refractivity contribution in [3.05, 3.63) is 41.7 Å². The second-order valence-electron chi connectivity index (χ2n) is 5.80. The van der Waals surface area contributed by atoms with Crippen LogP contribution in [0.1, 0.15) is 11.3 Å². The van der Waals surface area contributed by atoms with Crippen molar-refractivity contribution in [1.29, 1.82) is 0 Å². The third-order valence-electron chi connectivity index (χ3n) is 4.09. The molecule has 2 heterocycles. The molecule has 1 aliphatic rings. The minimum absolute atomic E-state index is 0.680. The molecule has 0 unspecified atom stereocenters. The standard InChI is InChI=1S/C16H23N5O/c1-19-7-9-20(10-8-19)12-15-13-21(18-17-15)11-14-5-3-4-6-16(14)22-2/h3-6,13H,7-12H2,1-2H3. The molecule has 1 aliphatic heterocycles. The van der Waals surface area contributed by atoms with Crippen LogP contribution in [-0.2, 0) is 13.1 Å². The maximum absolute atomic E-state index is 5.38. The number of hydrogen-bond acceptors (Lipinski definition) is 5. The van der Waals surface area contributed by atoms with Gasteiger partial charge in [-0.15, -0.1) is 5.10 Å². The second kappa shape index (κ2) is 6.89. The molecular weight excluding hydrogens is 278 g/mol. The molecule has 6 heteroatoms. The van der Waals surface area contributed by atoms with E-state index in [-0.39, 0.29) is 0 Å². The second-order valence-corrected chi connectivity index (χ2v) is 5.80. The Labute approximate surface area is 131 Å². The lowest BCUT2D eigenvalue weighted by Gasteiger charge is -2.31. The molecule has 0 spiro atoms. The zero-order valence-electron chi connectivity index (χ0n) is 13.3. The van der Waals surface area contributed by atoms with Crippen LogP contribution < -0.4 is 4.74 Å². The number of para-hydroxylation sites is 1. The van der Waals surface area contributed by atoms with E-state index in [1.165, 1.54) is 0 Å². The van der Waals surface area contributed by atoms with Crippen LogP contribution in [0.2, 0.25) is 0 Å². The minimum atomic E-state index is 0.680. The highest BCUT2D eigenvalue weighted by Crippen LogP contribution is 2.18. The van der Waals surface area contributed by atoms with Gasteiger partial charge in [0.05, 0.1) is 25.5 Å². The smallest absolute Gasteiger partial charge is 0.123 e. The zero-order chi connectivity index (χ0) is 15.4. The summed E-state index contributed by atoms with van der Waals surface area (Å²) in [7, 11) is 3.86. The molecule has 0 aliphatic carbocycles. The van der Waals surface area contributed by atoms with Crippen molar-refractivity contribution in [1.82, 2.24) is 24.8 Å². The fourth-order valence-electron chi connectivity index (χ4n) is 2.73. The summed E-state index contributed by atoms with van der Waals surface area (Å²) in [4.78, 5) is 4.78. The first-order chi connectivity index (χ1) is 10.7. The van der Waals surface area contributed by atoms with Crippen molar-refractivity contribution < 1.29 is 4.74 Å². The number of nitrogens with zero attached hydrogens (tertiary/aromatic N) is 5. The van der Waals surface area contributed by atoms with Gasteiger partial charge in [0, 0.05) is 38.3 Å². The molecule has 1 aromatic carbocycles. The van der Waals surface area contributed by atoms with Gasteiger partial charge in [-0.2, -0.15) is 0 Å². The van der Waals surface area contributed by atoms with Crippen LogP contribution in [0.4, 0.5) is 0 Å². The largest absolute Gasteiger partial charge is 0.496 e. The summed E-state index contributed by atoms with van der Waals surface area (Å²) in [6, 6.07) is 8.01. The number of piperazine rings is 1. The first-order valence-corrected chi connectivity index (χ1v) is 7.66. The molecule has 6 nitrogen and oxygen atoms in total. The van der Waals surface area contributed by atoms with E-state index < -0.39 is 0 Å². The van der Waals surface area contributed by atoms with Crippen molar-refractivity contribution in [2.45, 2.75) is 13.1 Å². The van der Waals surface area contributed by atoms with E-state index in [0.29, 0.717) is 6.54 Å². The maximum atomic E-state index is 5.38. The summed E-state index contributed by atoms with van der Waals surface area (Å²) in [6.07, 6.45) is 2.03. The lowest BCUT2D eigenvalue weighted by Crippen LogP contribution is -2.43. The van der Waals surface area contributed by atoms with Gasteiger partial charge >= 0.3 is 0 Å². The zero-order valence-corrected chi connectivity index (χ0v) is 13.3. The van der Waals surface area contributed by atoms with Crippen LogP contribution >= 0.6 is 0 Å². The summed E-state index contributed by atoms with van der Waals surface area (Å²) in [5.74, 6) is 0.888. The predicted molar refractivity (Wildman–Crippen MR) is 84.9 cm³/mol. The number of rotatable bonds is 5. The molecule has 3 rings (SSSR count). The van der Waals surface area contributed by atoms with Gasteiger partial charge in [0.2, 0.25) is 0 Å². The van der Waals surface area contributed by atoms with E-state index >= 15 is 0 Å². The average molecular weight is 301 g/mol. The van der Waals surface area contributed by atoms with E-state index in [0.717, 1.165) is 49.7 Å². The first kappa shape index (κ1) is 15.0. The minimum Gasteiger partial charge on any atom is -0.496 e. The Morgan fingerprint density at radius 2 is 1.86 bits per heavy atom. The lowest BCUT2D eigenvalue weighted by molar-refractivity contribution is 0.147. The molecule has 0 N–H and O–H groups in total. The predicted octanol–water partition coefficient (Wildman–Crippen LogP) is 1.08. The van der Waals surface area contributed by atoms with Crippen LogP contribution in [0.3, 0.4) is 0 Å². The molecule has 1 aromatic heterocycles. The monoisotopic (exact) mass is 301 g/mol. The Kier molecular flexibility index (Phi) is 4.70. The van der Waals surface area contributed by atoms with Gasteiger partial charge in [-0.1, -0.05) is 23.4 Å². The lowest BCUT2D eigenvalue weighted by atomic mass is 10.2. The highest BCUT2D eigenvalue weighted by atomic mass is 16.5. The molecule has 22 heavy (non-hydrogen) atoms. The van der Waals surface area contributed by atoms with Crippen molar-refractivity contribution in [3.63, 3.8) is 0 Å². The van der Waals surface area contributed by atoms with Gasteiger partial charge in [-0.05, 0) is 13.1 Å². The van der Waals surface area contributed by atoms with Gasteiger partial charge < -0.3 is 9.64 Å². The van der Waals surface area contributed by atoms with Gasteiger partial charge in [-0.3, -0.25) is 4.90 Å². The van der Waals surface area contributed by atoms with Crippen molar-refractivity contribution >= 4 is 0 Å². The molecule has 0 radical (unpaired) electrons. The van der Waals surface area contributed by atoms with E-state index in [2.05, 4.69) is 33.2 Å². The fourth-order valence-corrected chi connectivity index (χ4v) is 2.73. The molecule has 1 fully saturated rings. The van der Waals surface area contributed by atoms with E-state index in [1.54, 1.807) is 7.11 Å². The van der Waals surface area contributed by atoms with E-state index in [9.17, 15) is 0 Å². The summed E-state index contributed by atoms with van der Waals surface area (Å²) < 4.78 is 7.26. The Morgan fingerprint density at radius 1 is 1.09 bits per heavy atom. The molecular formula is C16H23N5O. The number of methoxy groups -OCH3 is 1. The van der Waals surface area contributed by atoms with Crippen LogP contribution in [-0.4, -0.2) is 65.1 Å². The summed E-state index contributed by atoms with van der Waals surface area (Å²) in [5, 5.41) is 8.54. The Bertz CT molecular complexity index is 604. The third-order valence-corrected chi connectivity index (χ3v) is 4.09. The molecule has 0 saturated carbocycles. The van der Waals surface area contributed by atoms with Gasteiger partial charge in [0.1, 0.15) is 5.75 Å². The van der Waals surface area contributed by atoms with Gasteiger partial charge in [0.25, 0.3) is 0 Å². The highest BCUT2D eigenvalue weighted by molar-refractivity contribution is 5.33. The van der Waals surface area contributed by atoms with Crippen LogP contribution in [0.15, 0.2) is 30.5 Å². The molecule has 118 valence electrons. The number of likely N-dealkylation sites (N-methyl/N-ethyl adjacent to an activating group) is 1. The van der Waals surface area contributed by atoms with Crippen molar-refractivity contribution in [2.75, 3.05) is 40.3 Å². The average Bonchev–Trinajstić information content (AvgIpc) is 2.97. The van der Waals surface area contributed by atoms with Crippen LogP contribution in [0.5, 0.6) is 5.75 Å². The number of aromatic nitrogens is 3. The number of benzene rings is 1. The maximum Gasteiger partial charge on any atom is 0.123 e. The number of hydrogen-bond donors (Lipinski definition) is 0. The van der Waals surface area contributed by atoms with Crippen molar-refractivity contribution in [2.24, 2.45) is 0 Å². The molecule has 0 amide bonds. The van der Waals surface area contributed by atoms with Crippen molar-refractivity contribution in [3.8, 4) is 5.75 Å². The number of ether oxygens (including phenoxy) is 1. The highest BCUT2D eigenvalue weighted by Gasteiger charge is 2.15. The van der Waals surface area contributed by atoms with Crippen LogP contribution in [0.25, 0.3) is 0 Å². The van der Waals surface area contributed by atoms with Gasteiger partial charge in [-0.25, -0.2) is 4.68 Å². The Morgan fingerprint density at radius 3 is 2.64 bits per heavy atom. The fraction of sp³-hybridized carbons (Fsp3) is 0.500. The molecule has 0 bridgehead atoms. The first-order valence-electron chi connectivity index (χ1n) is 7.66. The molecule has 2 aromatic rings. The topological polar surface area (TPSA) is 46.4 Å². The summed E-state index contributed by atoms with van der Waals surface area (Å²) >= 11 is 0. The summed E-state index contributed by atoms with van der Waals surface area (Å²) in [5.41, 5.74) is 2.14. The Hall–Kier alpha value is -1.92. The molecule has 1 saturated heterocycles. The Balaban J connectivity index is 1.61. The third kappa shape index (κ3) is 3.64. The molecule has 0 atom stereocenters. The van der Waals surface area contributed by atoms with E-state index in [1.807, 2.05) is 29.1 Å². The van der Waals surface area contributed by atoms with Crippen LogP contribution in [0, 0.1) is 0 Å².